The Bertz CT molecular complexity index is 418. The van der Waals surface area contributed by atoms with Crippen molar-refractivity contribution in [2.24, 2.45) is 0 Å². The van der Waals surface area contributed by atoms with Gasteiger partial charge in [0.15, 0.2) is 0 Å². The third-order valence-corrected chi connectivity index (χ3v) is 2.79. The molecule has 0 aliphatic carbocycles. The molecular weight excluding hydrogens is 279 g/mol. The Kier molecular flexibility index (Phi) is 4.61. The van der Waals surface area contributed by atoms with Crippen LogP contribution in [0.5, 0.6) is 0 Å². The summed E-state index contributed by atoms with van der Waals surface area (Å²) in [6.07, 6.45) is 0.469. The van der Waals surface area contributed by atoms with Crippen molar-refractivity contribution in [1.82, 2.24) is 0 Å². The van der Waals surface area contributed by atoms with Gasteiger partial charge < -0.3 is 4.74 Å². The molecule has 0 spiro atoms. The van der Waals surface area contributed by atoms with Crippen LogP contribution in [-0.4, -0.2) is 18.9 Å². The van der Waals surface area contributed by atoms with Crippen LogP contribution in [0.3, 0.4) is 0 Å². The summed E-state index contributed by atoms with van der Waals surface area (Å²) >= 11 is 3.02. The summed E-state index contributed by atoms with van der Waals surface area (Å²) < 4.78 is 18.2. The van der Waals surface area contributed by atoms with E-state index in [1.54, 1.807) is 6.92 Å². The minimum absolute atomic E-state index is 0.0625. The fourth-order valence-corrected chi connectivity index (χ4v) is 1.60. The molecule has 0 atom stereocenters. The summed E-state index contributed by atoms with van der Waals surface area (Å²) in [7, 11) is 0. The molecule has 0 aromatic heterocycles. The highest BCUT2D eigenvalue weighted by Crippen LogP contribution is 2.22. The Morgan fingerprint density at radius 2 is 2.25 bits per heavy atom. The second-order valence-corrected chi connectivity index (χ2v) is 3.87. The maximum Gasteiger partial charge on any atom is 0.310 e. The van der Waals surface area contributed by atoms with E-state index in [2.05, 4.69) is 15.9 Å². The number of ether oxygens (including phenoxy) is 1. The number of rotatable bonds is 4. The van der Waals surface area contributed by atoms with Crippen LogP contribution in [-0.2, 0) is 16.0 Å². The van der Waals surface area contributed by atoms with Gasteiger partial charge in [0, 0.05) is 5.56 Å². The van der Waals surface area contributed by atoms with Gasteiger partial charge in [-0.05, 0) is 40.5 Å². The third kappa shape index (κ3) is 3.13. The molecule has 0 aliphatic rings. The summed E-state index contributed by atoms with van der Waals surface area (Å²) in [6.45, 7) is 1.96. The zero-order chi connectivity index (χ0) is 12.1. The highest BCUT2D eigenvalue weighted by atomic mass is 79.9. The van der Waals surface area contributed by atoms with Crippen molar-refractivity contribution in [3.8, 4) is 0 Å². The predicted molar refractivity (Wildman–Crippen MR) is 59.8 cm³/mol. The monoisotopic (exact) mass is 288 g/mol. The molecule has 0 saturated heterocycles. The second kappa shape index (κ2) is 5.75. The Hall–Kier alpha value is -1.23. The normalized spacial score (nSPS) is 9.94. The maximum atomic E-state index is 13.3. The molecule has 0 amide bonds. The minimum atomic E-state index is -0.566. The van der Waals surface area contributed by atoms with E-state index < -0.39 is 11.8 Å². The standard InChI is InChI=1S/C11H10BrFO3/c1-2-16-10(15)5-8-3-7(6-14)4-9(13)11(8)12/h3-4,6H,2,5H2,1H3. The summed E-state index contributed by atoms with van der Waals surface area (Å²) in [5, 5.41) is 0. The Morgan fingerprint density at radius 1 is 1.56 bits per heavy atom. The zero-order valence-corrected chi connectivity index (χ0v) is 10.2. The molecule has 0 fully saturated rings. The predicted octanol–water partition coefficient (Wildman–Crippen LogP) is 2.51. The lowest BCUT2D eigenvalue weighted by Crippen LogP contribution is -2.08. The van der Waals surface area contributed by atoms with E-state index in [1.165, 1.54) is 6.07 Å². The molecular formula is C11H10BrFO3. The van der Waals surface area contributed by atoms with Gasteiger partial charge in [-0.25, -0.2) is 4.39 Å². The number of esters is 1. The molecule has 0 heterocycles. The first kappa shape index (κ1) is 12.8. The Morgan fingerprint density at radius 3 is 2.81 bits per heavy atom. The first-order chi connectivity index (χ1) is 7.58. The largest absolute Gasteiger partial charge is 0.466 e. The second-order valence-electron chi connectivity index (χ2n) is 3.08. The summed E-state index contributed by atoms with van der Waals surface area (Å²) in [5.41, 5.74) is 0.598. The van der Waals surface area contributed by atoms with Crippen molar-refractivity contribution in [3.05, 3.63) is 33.5 Å². The van der Waals surface area contributed by atoms with Gasteiger partial charge >= 0.3 is 5.97 Å². The third-order valence-electron chi connectivity index (χ3n) is 1.90. The number of carbonyl (C=O) groups excluding carboxylic acids is 2. The molecule has 1 rings (SSSR count). The van der Waals surface area contributed by atoms with Crippen LogP contribution in [0, 0.1) is 5.82 Å². The summed E-state index contributed by atoms with van der Waals surface area (Å²) in [6, 6.07) is 2.56. The molecule has 1 aromatic carbocycles. The van der Waals surface area contributed by atoms with E-state index in [1.807, 2.05) is 0 Å². The molecule has 5 heteroatoms. The number of halogens is 2. The highest BCUT2D eigenvalue weighted by Gasteiger charge is 2.12. The Balaban J connectivity index is 2.98. The minimum Gasteiger partial charge on any atom is -0.466 e. The molecule has 16 heavy (non-hydrogen) atoms. The van der Waals surface area contributed by atoms with Gasteiger partial charge in [-0.3, -0.25) is 9.59 Å². The van der Waals surface area contributed by atoms with Crippen molar-refractivity contribution < 1.29 is 18.7 Å². The van der Waals surface area contributed by atoms with Crippen LogP contribution in [0.2, 0.25) is 0 Å². The molecule has 0 saturated carbocycles. The van der Waals surface area contributed by atoms with E-state index in [4.69, 9.17) is 4.74 Å². The van der Waals surface area contributed by atoms with Crippen LogP contribution in [0.1, 0.15) is 22.8 Å². The van der Waals surface area contributed by atoms with E-state index >= 15 is 0 Å². The lowest BCUT2D eigenvalue weighted by molar-refractivity contribution is -0.142. The number of benzene rings is 1. The van der Waals surface area contributed by atoms with Crippen molar-refractivity contribution in [3.63, 3.8) is 0 Å². The fraction of sp³-hybridized carbons (Fsp3) is 0.273. The van der Waals surface area contributed by atoms with Gasteiger partial charge in [-0.15, -0.1) is 0 Å². The number of hydrogen-bond donors (Lipinski definition) is 0. The Labute approximate surface area is 101 Å². The number of hydrogen-bond acceptors (Lipinski definition) is 3. The van der Waals surface area contributed by atoms with Crippen LogP contribution in [0.25, 0.3) is 0 Å². The first-order valence-corrected chi connectivity index (χ1v) is 5.46. The zero-order valence-electron chi connectivity index (χ0n) is 8.63. The first-order valence-electron chi connectivity index (χ1n) is 4.67. The average Bonchev–Trinajstić information content (AvgIpc) is 2.24. The summed E-state index contributed by atoms with van der Waals surface area (Å²) in [4.78, 5) is 21.8. The van der Waals surface area contributed by atoms with Crippen LogP contribution in [0.4, 0.5) is 4.39 Å². The molecule has 0 radical (unpaired) electrons. The molecule has 0 aliphatic heterocycles. The lowest BCUT2D eigenvalue weighted by Gasteiger charge is -2.06. The maximum absolute atomic E-state index is 13.3. The molecule has 0 N–H and O–H groups in total. The van der Waals surface area contributed by atoms with Gasteiger partial charge in [-0.1, -0.05) is 0 Å². The topological polar surface area (TPSA) is 43.4 Å². The molecule has 1 aromatic rings. The van der Waals surface area contributed by atoms with Crippen LogP contribution >= 0.6 is 15.9 Å². The highest BCUT2D eigenvalue weighted by molar-refractivity contribution is 9.10. The SMILES string of the molecule is CCOC(=O)Cc1cc(C=O)cc(F)c1Br. The van der Waals surface area contributed by atoms with Crippen LogP contribution in [0.15, 0.2) is 16.6 Å². The van der Waals surface area contributed by atoms with Gasteiger partial charge in [0.1, 0.15) is 12.1 Å². The van der Waals surface area contributed by atoms with Crippen molar-refractivity contribution >= 4 is 28.2 Å². The number of aldehydes is 1. The van der Waals surface area contributed by atoms with Gasteiger partial charge in [0.05, 0.1) is 17.5 Å². The van der Waals surface area contributed by atoms with E-state index in [0.29, 0.717) is 11.8 Å². The van der Waals surface area contributed by atoms with Gasteiger partial charge in [0.25, 0.3) is 0 Å². The van der Waals surface area contributed by atoms with Crippen molar-refractivity contribution in [2.45, 2.75) is 13.3 Å². The lowest BCUT2D eigenvalue weighted by atomic mass is 10.1. The van der Waals surface area contributed by atoms with Crippen molar-refractivity contribution in [1.29, 1.82) is 0 Å². The van der Waals surface area contributed by atoms with Crippen LogP contribution < -0.4 is 0 Å². The molecule has 0 unspecified atom stereocenters. The van der Waals surface area contributed by atoms with E-state index in [9.17, 15) is 14.0 Å². The van der Waals surface area contributed by atoms with E-state index in [0.717, 1.165) is 6.07 Å². The van der Waals surface area contributed by atoms with E-state index in [-0.39, 0.29) is 23.1 Å². The summed E-state index contributed by atoms with van der Waals surface area (Å²) in [5.74, 6) is -1.02. The molecule has 0 bridgehead atoms. The smallest absolute Gasteiger partial charge is 0.310 e. The van der Waals surface area contributed by atoms with Crippen molar-refractivity contribution in [2.75, 3.05) is 6.61 Å². The molecule has 3 nitrogen and oxygen atoms in total. The quantitative estimate of drug-likeness (QED) is 0.632. The van der Waals surface area contributed by atoms with Gasteiger partial charge in [-0.2, -0.15) is 0 Å². The molecule has 86 valence electrons. The average molecular weight is 289 g/mol. The fourth-order valence-electron chi connectivity index (χ4n) is 1.23. The number of carbonyl (C=O) groups is 2. The van der Waals surface area contributed by atoms with Gasteiger partial charge in [0.2, 0.25) is 0 Å².